The van der Waals surface area contributed by atoms with Crippen molar-refractivity contribution in [3.05, 3.63) is 23.3 Å². The molecule has 0 aromatic rings. The third-order valence-electron chi connectivity index (χ3n) is 16.5. The van der Waals surface area contributed by atoms with E-state index in [-0.39, 0.29) is 81.2 Å². The SMILES string of the molecule is CC1=C(C)C(=O)O[C@@H](C(C)(O)[C@]2(O)CC[C@@]3(O)[C@@H]4C[C@H]5O[C@]56[C@@H](OC(=O)NCCOCCNC(=O)CCCCC5SCC7NC(=O)NC75)C=CC(=O)[C@]6(C)[C@H]4CC[C@@]32C)C1. The molecule has 16 nitrogen and oxygen atoms in total. The van der Waals surface area contributed by atoms with Gasteiger partial charge in [-0.1, -0.05) is 18.9 Å². The Hall–Kier alpha value is -3.22. The zero-order chi connectivity index (χ0) is 43.0. The number of hydrogen-bond donors (Lipinski definition) is 7. The third-order valence-corrected chi connectivity index (χ3v) is 18.0. The lowest BCUT2D eigenvalue weighted by molar-refractivity contribution is -0.283. The van der Waals surface area contributed by atoms with Gasteiger partial charge in [0.2, 0.25) is 5.91 Å². The fourth-order valence-corrected chi connectivity index (χ4v) is 14.2. The predicted molar refractivity (Wildman–Crippen MR) is 217 cm³/mol. The minimum absolute atomic E-state index is 0.0473. The van der Waals surface area contributed by atoms with Crippen LogP contribution >= 0.6 is 11.8 Å². The molecule has 14 atom stereocenters. The minimum atomic E-state index is -1.89. The number of cyclic esters (lactones) is 1. The lowest BCUT2D eigenvalue weighted by atomic mass is 9.42. The first-order chi connectivity index (χ1) is 28.3. The monoisotopic (exact) mass is 858 g/mol. The number of urea groups is 1. The molecule has 6 fully saturated rings. The number of amides is 4. The molecule has 4 unspecified atom stereocenters. The van der Waals surface area contributed by atoms with Gasteiger partial charge in [-0.05, 0) is 96.6 Å². The van der Waals surface area contributed by atoms with E-state index in [2.05, 4.69) is 21.3 Å². The van der Waals surface area contributed by atoms with Crippen LogP contribution in [-0.4, -0.2) is 135 Å². The molecule has 0 aromatic heterocycles. The number of allylic oxidation sites excluding steroid dienone is 1. The molecular formula is C43H62N4O12S. The van der Waals surface area contributed by atoms with Crippen LogP contribution in [0.5, 0.6) is 0 Å². The molecule has 0 aromatic carbocycles. The summed E-state index contributed by atoms with van der Waals surface area (Å²) < 4.78 is 23.7. The molecule has 7 N–H and O–H groups in total. The highest BCUT2D eigenvalue weighted by molar-refractivity contribution is 8.00. The number of nitrogens with one attached hydrogen (secondary N) is 4. The van der Waals surface area contributed by atoms with Crippen molar-refractivity contribution >= 4 is 41.5 Å². The summed E-state index contributed by atoms with van der Waals surface area (Å²) in [6, 6.07) is 0.268. The van der Waals surface area contributed by atoms with Gasteiger partial charge in [-0.3, -0.25) is 9.59 Å². The van der Waals surface area contributed by atoms with E-state index in [1.165, 1.54) is 13.0 Å². The van der Waals surface area contributed by atoms with Crippen molar-refractivity contribution in [1.29, 1.82) is 0 Å². The quantitative estimate of drug-likeness (QED) is 0.0576. The van der Waals surface area contributed by atoms with Crippen LogP contribution in [0.3, 0.4) is 0 Å². The number of ketones is 1. The molecule has 0 bridgehead atoms. The Kier molecular flexibility index (Phi) is 11.2. The van der Waals surface area contributed by atoms with Gasteiger partial charge in [0.1, 0.15) is 22.9 Å². The number of aliphatic hydroxyl groups is 3. The number of alkyl carbamates (subject to hydrolysis) is 1. The molecule has 332 valence electrons. The fourth-order valence-electron chi connectivity index (χ4n) is 12.6. The van der Waals surface area contributed by atoms with Crippen molar-refractivity contribution in [1.82, 2.24) is 21.3 Å². The summed E-state index contributed by atoms with van der Waals surface area (Å²) in [5.74, 6) is -0.677. The largest absolute Gasteiger partial charge is 0.455 e. The number of fused-ring (bicyclic) bond motifs is 5. The minimum Gasteiger partial charge on any atom is -0.455 e. The van der Waals surface area contributed by atoms with E-state index in [0.717, 1.165) is 30.6 Å². The summed E-state index contributed by atoms with van der Waals surface area (Å²) in [6.07, 6.45) is 4.61. The van der Waals surface area contributed by atoms with Gasteiger partial charge in [0, 0.05) is 47.9 Å². The van der Waals surface area contributed by atoms with Gasteiger partial charge in [-0.25, -0.2) is 14.4 Å². The second-order valence-electron chi connectivity index (χ2n) is 19.2. The maximum atomic E-state index is 14.0. The molecule has 4 amide bonds. The van der Waals surface area contributed by atoms with E-state index in [0.29, 0.717) is 36.6 Å². The van der Waals surface area contributed by atoms with Gasteiger partial charge in [-0.2, -0.15) is 11.8 Å². The topological polar surface area (TPSA) is 234 Å². The van der Waals surface area contributed by atoms with Gasteiger partial charge in [0.05, 0.1) is 42.4 Å². The van der Waals surface area contributed by atoms with Crippen LogP contribution in [0, 0.1) is 22.7 Å². The number of rotatable bonds is 14. The van der Waals surface area contributed by atoms with Crippen molar-refractivity contribution < 1.29 is 58.2 Å². The number of epoxide rings is 1. The van der Waals surface area contributed by atoms with Crippen LogP contribution in [0.2, 0.25) is 0 Å². The summed E-state index contributed by atoms with van der Waals surface area (Å²) in [6.45, 7) is 9.61. The standard InChI is InChI=1S/C43H62N4O12S/c1-23-20-31(57-35(50)24(23)2)40(5,53)42(55)15-14-41(54)26-21-32-43(59-32)30(11-10-29(48)39(43,4)25(26)12-13-38(41,42)3)58-37(52)45-17-19-56-18-16-44-33(49)9-7-6-8-28-34-27(22-60-28)46-36(51)47-34/h10-11,25-28,30-32,34,53-55H,6-9,12-22H2,1-5H3,(H,44,49)(H,45,52)(H2,46,47,51)/t25-,26+,27?,28?,30-,31+,32+,34?,38-,39-,40?,41+,42-,43+/m0/s1. The Morgan fingerprint density at radius 2 is 1.78 bits per heavy atom. The predicted octanol–water partition coefficient (Wildman–Crippen LogP) is 2.32. The molecule has 1 spiro atoms. The van der Waals surface area contributed by atoms with E-state index in [9.17, 15) is 39.3 Å². The van der Waals surface area contributed by atoms with Crippen LogP contribution in [-0.2, 0) is 33.3 Å². The zero-order valence-corrected chi connectivity index (χ0v) is 36.1. The number of hydrogen-bond acceptors (Lipinski definition) is 13. The van der Waals surface area contributed by atoms with Gasteiger partial charge >= 0.3 is 18.1 Å². The molecule has 17 heteroatoms. The van der Waals surface area contributed by atoms with Crippen molar-refractivity contribution in [2.75, 3.05) is 32.1 Å². The third kappa shape index (κ3) is 6.53. The summed E-state index contributed by atoms with van der Waals surface area (Å²) in [4.78, 5) is 63.7. The highest BCUT2D eigenvalue weighted by Gasteiger charge is 2.85. The molecule has 8 aliphatic rings. The normalized spacial score (nSPS) is 43.3. The van der Waals surface area contributed by atoms with E-state index >= 15 is 0 Å². The number of carbonyl (C=O) groups is 5. The lowest BCUT2D eigenvalue weighted by Gasteiger charge is -2.63. The first-order valence-corrected chi connectivity index (χ1v) is 22.8. The van der Waals surface area contributed by atoms with Gasteiger partial charge < -0.3 is 55.5 Å². The molecule has 3 saturated carbocycles. The van der Waals surface area contributed by atoms with Gasteiger partial charge in [0.25, 0.3) is 0 Å². The maximum absolute atomic E-state index is 14.0. The van der Waals surface area contributed by atoms with E-state index in [4.69, 9.17) is 18.9 Å². The summed E-state index contributed by atoms with van der Waals surface area (Å²) in [5.41, 5.74) is -7.39. The van der Waals surface area contributed by atoms with Gasteiger partial charge in [-0.15, -0.1) is 0 Å². The zero-order valence-electron chi connectivity index (χ0n) is 35.3. The number of carbonyl (C=O) groups excluding carboxylic acids is 5. The van der Waals surface area contributed by atoms with E-state index in [1.54, 1.807) is 13.0 Å². The second kappa shape index (κ2) is 15.5. The van der Waals surface area contributed by atoms with Gasteiger partial charge in [0.15, 0.2) is 11.9 Å². The fraction of sp³-hybridized carbons (Fsp3) is 0.791. The molecule has 4 aliphatic carbocycles. The molecule has 60 heavy (non-hydrogen) atoms. The van der Waals surface area contributed by atoms with Crippen LogP contribution in [0.25, 0.3) is 0 Å². The van der Waals surface area contributed by atoms with E-state index in [1.807, 2.05) is 32.5 Å². The molecule has 3 saturated heterocycles. The first-order valence-electron chi connectivity index (χ1n) is 21.8. The Balaban J connectivity index is 0.804. The summed E-state index contributed by atoms with van der Waals surface area (Å²) in [5, 5.41) is 49.5. The summed E-state index contributed by atoms with van der Waals surface area (Å²) >= 11 is 1.87. The number of thioether (sulfide) groups is 1. The van der Waals surface area contributed by atoms with Crippen molar-refractivity contribution in [2.45, 2.75) is 157 Å². The van der Waals surface area contributed by atoms with Crippen molar-refractivity contribution in [3.8, 4) is 0 Å². The first kappa shape index (κ1) is 43.4. The highest BCUT2D eigenvalue weighted by Crippen LogP contribution is 2.75. The Bertz CT molecular complexity index is 1860. The Labute approximate surface area is 355 Å². The number of ether oxygens (including phenoxy) is 4. The average Bonchev–Trinajstić information content (AvgIpc) is 3.55. The number of esters is 1. The van der Waals surface area contributed by atoms with Crippen LogP contribution in [0.1, 0.15) is 98.8 Å². The number of unbranched alkanes of at least 4 members (excludes halogenated alkanes) is 1. The van der Waals surface area contributed by atoms with Crippen molar-refractivity contribution in [3.63, 3.8) is 0 Å². The van der Waals surface area contributed by atoms with Crippen LogP contribution in [0.4, 0.5) is 9.59 Å². The molecule has 0 radical (unpaired) electrons. The van der Waals surface area contributed by atoms with Crippen LogP contribution in [0.15, 0.2) is 23.3 Å². The molecule has 8 rings (SSSR count). The van der Waals surface area contributed by atoms with E-state index < -0.39 is 69.5 Å². The lowest BCUT2D eigenvalue weighted by Crippen LogP contribution is -2.73. The Morgan fingerprint density at radius 1 is 1.03 bits per heavy atom. The highest BCUT2D eigenvalue weighted by atomic mass is 32.2. The molecular weight excluding hydrogens is 797 g/mol. The smallest absolute Gasteiger partial charge is 0.407 e. The molecule has 4 heterocycles. The molecule has 4 aliphatic heterocycles. The van der Waals surface area contributed by atoms with Crippen molar-refractivity contribution in [2.24, 2.45) is 22.7 Å². The second-order valence-corrected chi connectivity index (χ2v) is 20.4. The average molecular weight is 859 g/mol. The maximum Gasteiger partial charge on any atom is 0.407 e. The van der Waals surface area contributed by atoms with Crippen LogP contribution < -0.4 is 21.3 Å². The Morgan fingerprint density at radius 3 is 2.53 bits per heavy atom. The summed E-state index contributed by atoms with van der Waals surface area (Å²) in [7, 11) is 0.